The molecule has 0 bridgehead atoms. The van der Waals surface area contributed by atoms with Gasteiger partial charge >= 0.3 is 0 Å². The highest BCUT2D eigenvalue weighted by atomic mass is 127. The summed E-state index contributed by atoms with van der Waals surface area (Å²) >= 11 is 7.49. The minimum Gasteiger partial charge on any atom is -0.493 e. The van der Waals surface area contributed by atoms with Crippen LogP contribution in [0.25, 0.3) is 0 Å². The second-order valence-corrected chi connectivity index (χ2v) is 7.21. The normalized spacial score (nSPS) is 12.0. The summed E-state index contributed by atoms with van der Waals surface area (Å²) < 4.78 is 34.3. The van der Waals surface area contributed by atoms with Crippen LogP contribution in [0.5, 0.6) is 5.75 Å². The van der Waals surface area contributed by atoms with E-state index in [2.05, 4.69) is 0 Å². The highest BCUT2D eigenvalue weighted by Crippen LogP contribution is 2.27. The summed E-state index contributed by atoms with van der Waals surface area (Å²) in [5.74, 6) is -1.90. The number of hydrogen-bond acceptors (Lipinski definition) is 3. The van der Waals surface area contributed by atoms with Crippen LogP contribution in [0, 0.1) is 15.2 Å². The molecule has 0 aliphatic rings. The fourth-order valence-electron chi connectivity index (χ4n) is 2.42. The zero-order valence-corrected chi connectivity index (χ0v) is 16.6. The molecule has 0 fully saturated rings. The fourth-order valence-corrected chi connectivity index (χ4v) is 3.03. The number of rotatable bonds is 8. The number of ether oxygens (including phenoxy) is 1. The van der Waals surface area contributed by atoms with Gasteiger partial charge in [0.25, 0.3) is 5.91 Å². The van der Waals surface area contributed by atoms with Gasteiger partial charge in [-0.05, 0) is 51.9 Å². The molecule has 0 unspecified atom stereocenters. The van der Waals surface area contributed by atoms with Crippen molar-refractivity contribution in [1.82, 2.24) is 0 Å². The third-order valence-electron chi connectivity index (χ3n) is 3.68. The lowest BCUT2D eigenvalue weighted by molar-refractivity contribution is 0.0994. The van der Waals surface area contributed by atoms with E-state index in [1.165, 1.54) is 6.07 Å². The zero-order valence-electron chi connectivity index (χ0n) is 13.6. The Hall–Kier alpha value is -1.45. The first-order valence-corrected chi connectivity index (χ1v) is 9.36. The van der Waals surface area contributed by atoms with Crippen LogP contribution in [0.15, 0.2) is 30.3 Å². The van der Waals surface area contributed by atoms with E-state index in [0.29, 0.717) is 5.56 Å². The van der Waals surface area contributed by atoms with E-state index in [4.69, 9.17) is 22.1 Å². The van der Waals surface area contributed by atoms with Gasteiger partial charge in [-0.1, -0.05) is 6.07 Å². The van der Waals surface area contributed by atoms with E-state index >= 15 is 0 Å². The topological polar surface area (TPSA) is 72.6 Å². The molecule has 0 spiro atoms. The van der Waals surface area contributed by atoms with Crippen LogP contribution in [-0.2, 0) is 6.42 Å². The van der Waals surface area contributed by atoms with Gasteiger partial charge in [-0.3, -0.25) is 4.79 Å². The number of aliphatic hydroxyl groups is 1. The van der Waals surface area contributed by atoms with Gasteiger partial charge in [0, 0.05) is 28.4 Å². The molecule has 140 valence electrons. The molecule has 26 heavy (non-hydrogen) atoms. The Labute approximate surface area is 168 Å². The molecule has 0 aliphatic heterocycles. The first-order chi connectivity index (χ1) is 12.3. The minimum atomic E-state index is -0.807. The Balaban J connectivity index is 2.34. The standard InChI is InChI=1S/C18H17ClF2INO3/c19-9-14(24)3-4-26-16-7-12(20)6-11(17(16)18(23)25)5-10-1-2-13(22)8-15(10)21/h1-2,6-8,14,24H,3-5,9H2,(H2,23,25)/t14-/m1/s1. The van der Waals surface area contributed by atoms with Gasteiger partial charge in [0.2, 0.25) is 0 Å². The third-order valence-corrected chi connectivity index (χ3v) is 4.71. The summed E-state index contributed by atoms with van der Waals surface area (Å²) in [4.78, 5) is 11.9. The average Bonchev–Trinajstić information content (AvgIpc) is 2.56. The summed E-state index contributed by atoms with van der Waals surface area (Å²) in [5, 5.41) is 9.45. The number of carbonyl (C=O) groups is 1. The van der Waals surface area contributed by atoms with Crippen molar-refractivity contribution in [3.8, 4) is 5.75 Å². The molecule has 8 heteroatoms. The monoisotopic (exact) mass is 495 g/mol. The van der Waals surface area contributed by atoms with Crippen molar-refractivity contribution in [3.05, 3.63) is 62.2 Å². The number of benzene rings is 2. The summed E-state index contributed by atoms with van der Waals surface area (Å²) in [6, 6.07) is 6.82. The van der Waals surface area contributed by atoms with Crippen LogP contribution in [0.4, 0.5) is 8.78 Å². The summed E-state index contributed by atoms with van der Waals surface area (Å²) in [5.41, 5.74) is 5.96. The van der Waals surface area contributed by atoms with Crippen molar-refractivity contribution in [2.45, 2.75) is 18.9 Å². The number of aliphatic hydroxyl groups excluding tert-OH is 1. The van der Waals surface area contributed by atoms with Crippen molar-refractivity contribution in [3.63, 3.8) is 0 Å². The van der Waals surface area contributed by atoms with Gasteiger partial charge < -0.3 is 15.6 Å². The molecule has 3 N–H and O–H groups in total. The van der Waals surface area contributed by atoms with Crippen LogP contribution >= 0.6 is 34.2 Å². The van der Waals surface area contributed by atoms with Crippen LogP contribution in [0.2, 0.25) is 0 Å². The largest absolute Gasteiger partial charge is 0.493 e. The molecule has 0 aromatic heterocycles. The number of amides is 1. The van der Waals surface area contributed by atoms with Crippen molar-refractivity contribution < 1.29 is 23.4 Å². The van der Waals surface area contributed by atoms with Crippen molar-refractivity contribution in [1.29, 1.82) is 0 Å². The lowest BCUT2D eigenvalue weighted by Crippen LogP contribution is -2.18. The van der Waals surface area contributed by atoms with Gasteiger partial charge in [-0.15, -0.1) is 11.6 Å². The van der Waals surface area contributed by atoms with E-state index < -0.39 is 23.6 Å². The maximum atomic E-state index is 14.1. The molecule has 4 nitrogen and oxygen atoms in total. The molecule has 2 aromatic carbocycles. The van der Waals surface area contributed by atoms with E-state index in [-0.39, 0.29) is 42.2 Å². The highest BCUT2D eigenvalue weighted by Gasteiger charge is 2.19. The van der Waals surface area contributed by atoms with Crippen LogP contribution < -0.4 is 10.5 Å². The Bertz CT molecular complexity index is 804. The van der Waals surface area contributed by atoms with E-state index in [0.717, 1.165) is 15.7 Å². The quantitative estimate of drug-likeness (QED) is 0.434. The number of primary amides is 1. The number of nitrogens with two attached hydrogens (primary N) is 1. The van der Waals surface area contributed by atoms with Gasteiger partial charge in [-0.25, -0.2) is 8.78 Å². The molecule has 0 aliphatic carbocycles. The van der Waals surface area contributed by atoms with Crippen molar-refractivity contribution >= 4 is 40.1 Å². The number of halogens is 4. The molecule has 1 atom stereocenters. The Morgan fingerprint density at radius 1 is 1.27 bits per heavy atom. The molecular weight excluding hydrogens is 479 g/mol. The van der Waals surface area contributed by atoms with E-state index in [1.807, 2.05) is 22.6 Å². The predicted molar refractivity (Wildman–Crippen MR) is 104 cm³/mol. The maximum Gasteiger partial charge on any atom is 0.252 e. The first-order valence-electron chi connectivity index (χ1n) is 7.74. The number of carbonyl (C=O) groups excluding carboxylic acids is 1. The summed E-state index contributed by atoms with van der Waals surface area (Å²) in [7, 11) is 0. The van der Waals surface area contributed by atoms with Gasteiger partial charge in [0.15, 0.2) is 0 Å². The van der Waals surface area contributed by atoms with Crippen LogP contribution in [0.1, 0.15) is 27.9 Å². The fraction of sp³-hybridized carbons (Fsp3) is 0.278. The van der Waals surface area contributed by atoms with E-state index in [1.54, 1.807) is 12.1 Å². The molecule has 0 heterocycles. The smallest absolute Gasteiger partial charge is 0.252 e. The van der Waals surface area contributed by atoms with Crippen LogP contribution in [0.3, 0.4) is 0 Å². The van der Waals surface area contributed by atoms with Gasteiger partial charge in [-0.2, -0.15) is 0 Å². The Morgan fingerprint density at radius 3 is 2.62 bits per heavy atom. The first kappa shape index (κ1) is 20.9. The molecule has 2 aromatic rings. The lowest BCUT2D eigenvalue weighted by atomic mass is 9.98. The molecular formula is C18H17ClF2INO3. The third kappa shape index (κ3) is 5.52. The molecule has 0 saturated carbocycles. The molecule has 1 amide bonds. The minimum absolute atomic E-state index is 0.00952. The lowest BCUT2D eigenvalue weighted by Gasteiger charge is -2.15. The SMILES string of the molecule is NC(=O)c1c(Cc2ccc(I)cc2F)cc(F)cc1OCC[C@@H](O)CCl. The van der Waals surface area contributed by atoms with Crippen molar-refractivity contribution in [2.24, 2.45) is 5.73 Å². The van der Waals surface area contributed by atoms with Gasteiger partial charge in [0.05, 0.1) is 18.3 Å². The molecule has 0 radical (unpaired) electrons. The number of hydrogen-bond donors (Lipinski definition) is 2. The summed E-state index contributed by atoms with van der Waals surface area (Å²) in [6.45, 7) is 0.0228. The van der Waals surface area contributed by atoms with Gasteiger partial charge in [0.1, 0.15) is 17.4 Å². The molecule has 0 saturated heterocycles. The van der Waals surface area contributed by atoms with Crippen molar-refractivity contribution in [2.75, 3.05) is 12.5 Å². The second-order valence-electron chi connectivity index (χ2n) is 5.66. The number of alkyl halides is 1. The zero-order chi connectivity index (χ0) is 19.3. The average molecular weight is 496 g/mol. The van der Waals surface area contributed by atoms with E-state index in [9.17, 15) is 18.7 Å². The van der Waals surface area contributed by atoms with Crippen LogP contribution in [-0.4, -0.2) is 29.6 Å². The Morgan fingerprint density at radius 2 is 2.00 bits per heavy atom. The maximum absolute atomic E-state index is 14.1. The molecule has 2 rings (SSSR count). The summed E-state index contributed by atoms with van der Waals surface area (Å²) in [6.07, 6.45) is -0.582. The highest BCUT2D eigenvalue weighted by molar-refractivity contribution is 14.1. The predicted octanol–water partition coefficient (Wildman–Crippen LogP) is 3.63. The second kappa shape index (κ2) is 9.48. The Kier molecular flexibility index (Phi) is 7.60.